The molecule has 0 amide bonds. The fraction of sp³-hybridized carbons (Fsp3) is 0.261. The van der Waals surface area contributed by atoms with Gasteiger partial charge in [-0.05, 0) is 30.7 Å². The Labute approximate surface area is 178 Å². The molecule has 1 atom stereocenters. The van der Waals surface area contributed by atoms with E-state index in [0.29, 0.717) is 22.4 Å². The van der Waals surface area contributed by atoms with Gasteiger partial charge >= 0.3 is 0 Å². The number of benzene rings is 2. The Hall–Kier alpha value is -3.65. The van der Waals surface area contributed by atoms with Gasteiger partial charge in [-0.1, -0.05) is 12.2 Å². The molecule has 0 saturated carbocycles. The van der Waals surface area contributed by atoms with Gasteiger partial charge in [-0.25, -0.2) is 0 Å². The first-order chi connectivity index (χ1) is 14.7. The maximum Gasteiger partial charge on any atom is 0.239 e. The van der Waals surface area contributed by atoms with E-state index in [1.165, 1.54) is 27.4 Å². The predicted octanol–water partition coefficient (Wildman–Crippen LogP) is 3.38. The topological polar surface area (TPSA) is 119 Å². The highest BCUT2D eigenvalue weighted by Crippen LogP contribution is 2.43. The molecule has 8 heteroatoms. The summed E-state index contributed by atoms with van der Waals surface area (Å²) in [6.45, 7) is 5.48. The number of aromatic hydroxyl groups is 2. The molecule has 164 valence electrons. The van der Waals surface area contributed by atoms with E-state index in [2.05, 4.69) is 6.58 Å². The first-order valence-electron chi connectivity index (χ1n) is 9.37. The Morgan fingerprint density at radius 3 is 2.35 bits per heavy atom. The summed E-state index contributed by atoms with van der Waals surface area (Å²) in [5.41, 5.74) is 1.07. The van der Waals surface area contributed by atoms with E-state index in [1.54, 1.807) is 25.1 Å². The van der Waals surface area contributed by atoms with Crippen molar-refractivity contribution < 1.29 is 33.9 Å². The Kier molecular flexibility index (Phi) is 6.12. The summed E-state index contributed by atoms with van der Waals surface area (Å²) in [4.78, 5) is 13.1. The van der Waals surface area contributed by atoms with Crippen molar-refractivity contribution in [1.29, 1.82) is 0 Å². The van der Waals surface area contributed by atoms with Crippen molar-refractivity contribution in [2.24, 2.45) is 0 Å². The second-order valence-electron chi connectivity index (χ2n) is 7.04. The minimum Gasteiger partial charge on any atom is -0.504 e. The number of phenolic OH excluding ortho intramolecular Hbond substituents is 2. The molecule has 0 radical (unpaired) electrons. The van der Waals surface area contributed by atoms with Gasteiger partial charge < -0.3 is 33.9 Å². The van der Waals surface area contributed by atoms with E-state index in [1.807, 2.05) is 0 Å². The Bertz CT molecular complexity index is 1210. The first-order valence-corrected chi connectivity index (χ1v) is 9.37. The van der Waals surface area contributed by atoms with Crippen molar-refractivity contribution in [3.05, 3.63) is 52.2 Å². The summed E-state index contributed by atoms with van der Waals surface area (Å²) in [5, 5.41) is 30.6. The van der Waals surface area contributed by atoms with E-state index >= 15 is 0 Å². The van der Waals surface area contributed by atoms with E-state index in [9.17, 15) is 20.1 Å². The number of hydrogen-bond donors (Lipinski definition) is 3. The van der Waals surface area contributed by atoms with Crippen LogP contribution in [-0.2, 0) is 6.42 Å². The van der Waals surface area contributed by atoms with E-state index in [0.717, 1.165) is 0 Å². The highest BCUT2D eigenvalue weighted by molar-refractivity contribution is 5.91. The molecule has 3 N–H and O–H groups in total. The maximum atomic E-state index is 13.1. The molecule has 3 rings (SSSR count). The zero-order valence-corrected chi connectivity index (χ0v) is 17.7. The summed E-state index contributed by atoms with van der Waals surface area (Å²) in [6, 6.07) is 6.25. The van der Waals surface area contributed by atoms with Gasteiger partial charge in [0.25, 0.3) is 0 Å². The molecule has 0 fully saturated rings. The normalized spacial score (nSPS) is 11.9. The smallest absolute Gasteiger partial charge is 0.239 e. The van der Waals surface area contributed by atoms with Gasteiger partial charge in [0.05, 0.1) is 27.4 Å². The molecule has 1 heterocycles. The highest BCUT2D eigenvalue weighted by Gasteiger charge is 2.24. The Morgan fingerprint density at radius 1 is 1.10 bits per heavy atom. The van der Waals surface area contributed by atoms with Gasteiger partial charge in [0, 0.05) is 18.1 Å². The van der Waals surface area contributed by atoms with Gasteiger partial charge in [-0.2, -0.15) is 0 Å². The van der Waals surface area contributed by atoms with Crippen LogP contribution in [0.5, 0.6) is 28.7 Å². The van der Waals surface area contributed by atoms with Crippen LogP contribution < -0.4 is 19.6 Å². The molecule has 1 unspecified atom stereocenters. The molecule has 31 heavy (non-hydrogen) atoms. The van der Waals surface area contributed by atoms with Gasteiger partial charge in [-0.15, -0.1) is 0 Å². The third kappa shape index (κ3) is 3.89. The van der Waals surface area contributed by atoms with Gasteiger partial charge in [-0.3, -0.25) is 4.79 Å². The lowest BCUT2D eigenvalue weighted by molar-refractivity contribution is 0.210. The van der Waals surface area contributed by atoms with Crippen molar-refractivity contribution in [1.82, 2.24) is 0 Å². The number of hydrogen-bond acceptors (Lipinski definition) is 8. The molecule has 0 aliphatic rings. The van der Waals surface area contributed by atoms with Crippen LogP contribution in [0.1, 0.15) is 12.5 Å². The zero-order chi connectivity index (χ0) is 22.9. The van der Waals surface area contributed by atoms with E-state index in [-0.39, 0.29) is 40.4 Å². The lowest BCUT2D eigenvalue weighted by Crippen LogP contribution is -2.12. The molecule has 0 aliphatic heterocycles. The van der Waals surface area contributed by atoms with Crippen molar-refractivity contribution in [2.45, 2.75) is 19.4 Å². The largest absolute Gasteiger partial charge is 0.504 e. The average molecular weight is 428 g/mol. The number of rotatable bonds is 7. The van der Waals surface area contributed by atoms with Crippen molar-refractivity contribution >= 4 is 11.0 Å². The molecule has 2 aromatic carbocycles. The molecular formula is C23H24O8. The molecule has 0 aliphatic carbocycles. The summed E-state index contributed by atoms with van der Waals surface area (Å²) < 4.78 is 21.5. The molecule has 0 spiro atoms. The molecule has 8 nitrogen and oxygen atoms in total. The monoisotopic (exact) mass is 428 g/mol. The summed E-state index contributed by atoms with van der Waals surface area (Å²) >= 11 is 0. The third-order valence-electron chi connectivity index (χ3n) is 4.98. The molecule has 3 aromatic rings. The van der Waals surface area contributed by atoms with Crippen molar-refractivity contribution in [2.75, 3.05) is 21.3 Å². The van der Waals surface area contributed by atoms with E-state index < -0.39 is 17.3 Å². The average Bonchev–Trinajstić information content (AvgIpc) is 2.73. The van der Waals surface area contributed by atoms with Gasteiger partial charge in [0.2, 0.25) is 16.9 Å². The fourth-order valence-corrected chi connectivity index (χ4v) is 3.32. The molecular weight excluding hydrogens is 404 g/mol. The SMILES string of the molecule is C=C(C)C(O)Cc1cc(-c2oc3cc(O)c(OC)c(O)c3c(=O)c2OC)ccc1OC. The number of phenols is 2. The number of aliphatic hydroxyl groups excluding tert-OH is 1. The zero-order valence-electron chi connectivity index (χ0n) is 17.7. The standard InChI is InChI=1S/C23H24O8/c1-11(2)14(24)9-13-8-12(6-7-16(13)28-3)21-23(30-5)20(27)18-17(31-21)10-15(25)22(29-4)19(18)26/h6-8,10,14,24-26H,1,9H2,2-5H3. The van der Waals surface area contributed by atoms with Crippen LogP contribution >= 0.6 is 0 Å². The second-order valence-corrected chi connectivity index (χ2v) is 7.04. The van der Waals surface area contributed by atoms with Crippen LogP contribution in [-0.4, -0.2) is 42.8 Å². The van der Waals surface area contributed by atoms with Crippen LogP contribution in [0.2, 0.25) is 0 Å². The minimum absolute atomic E-state index is 0.0454. The van der Waals surface area contributed by atoms with Crippen LogP contribution in [0.25, 0.3) is 22.3 Å². The summed E-state index contributed by atoms with van der Waals surface area (Å²) in [6.07, 6.45) is -0.540. The molecule has 0 saturated heterocycles. The lowest BCUT2D eigenvalue weighted by atomic mass is 9.99. The number of ether oxygens (including phenoxy) is 3. The highest BCUT2D eigenvalue weighted by atomic mass is 16.5. The third-order valence-corrected chi connectivity index (χ3v) is 4.98. The van der Waals surface area contributed by atoms with Crippen molar-refractivity contribution in [3.8, 4) is 40.1 Å². The van der Waals surface area contributed by atoms with Gasteiger partial charge in [0.1, 0.15) is 16.7 Å². The number of aliphatic hydroxyl groups is 1. The van der Waals surface area contributed by atoms with E-state index in [4.69, 9.17) is 18.6 Å². The lowest BCUT2D eigenvalue weighted by Gasteiger charge is -2.16. The van der Waals surface area contributed by atoms with Crippen LogP contribution in [0.3, 0.4) is 0 Å². The Morgan fingerprint density at radius 2 is 1.77 bits per heavy atom. The molecule has 0 bridgehead atoms. The number of fused-ring (bicyclic) bond motifs is 1. The van der Waals surface area contributed by atoms with Crippen LogP contribution in [0, 0.1) is 0 Å². The van der Waals surface area contributed by atoms with Crippen LogP contribution in [0.4, 0.5) is 0 Å². The predicted molar refractivity (Wildman–Crippen MR) is 115 cm³/mol. The van der Waals surface area contributed by atoms with Crippen molar-refractivity contribution in [3.63, 3.8) is 0 Å². The van der Waals surface area contributed by atoms with Gasteiger partial charge in [0.15, 0.2) is 17.3 Å². The fourth-order valence-electron chi connectivity index (χ4n) is 3.32. The Balaban J connectivity index is 2.27. The second kappa shape index (κ2) is 8.61. The van der Waals surface area contributed by atoms with Crippen LogP contribution in [0.15, 0.2) is 45.6 Å². The molecule has 1 aromatic heterocycles. The first kappa shape index (κ1) is 22.0. The maximum absolute atomic E-state index is 13.1. The minimum atomic E-state index is -0.781. The summed E-state index contributed by atoms with van der Waals surface area (Å²) in [5.74, 6) is -0.658. The number of methoxy groups -OCH3 is 3. The quantitative estimate of drug-likeness (QED) is 0.490. The summed E-state index contributed by atoms with van der Waals surface area (Å²) in [7, 11) is 4.08.